The number of hydrogen-bond donors (Lipinski definition) is 1. The fraction of sp³-hybridized carbons (Fsp3) is 0.444. The summed E-state index contributed by atoms with van der Waals surface area (Å²) in [6, 6.07) is 1.85. The second-order valence-corrected chi connectivity index (χ2v) is 4.08. The van der Waals surface area contributed by atoms with Crippen molar-refractivity contribution in [3.63, 3.8) is 0 Å². The molecule has 1 aliphatic heterocycles. The van der Waals surface area contributed by atoms with Crippen LogP contribution in [0, 0.1) is 0 Å². The second-order valence-electron chi connectivity index (χ2n) is 3.27. The maximum Gasteiger partial charge on any atom is 1.00 e. The molecule has 1 aromatic rings. The summed E-state index contributed by atoms with van der Waals surface area (Å²) in [5, 5.41) is 9.55. The number of hydrogen-bond acceptors (Lipinski definition) is 4. The Morgan fingerprint density at radius 1 is 1.67 bits per heavy atom. The Balaban J connectivity index is 0.00000112. The van der Waals surface area contributed by atoms with Crippen LogP contribution in [0.4, 0.5) is 5.82 Å². The second kappa shape index (κ2) is 5.66. The van der Waals surface area contributed by atoms with E-state index < -0.39 is 0 Å². The smallest absolute Gasteiger partial charge is 0.778 e. The first-order valence-corrected chi connectivity index (χ1v) is 5.21. The number of nitrogens with zero attached hydrogens (tertiary/aromatic N) is 2. The number of aliphatic hydroxyl groups excluding tert-OH is 1. The summed E-state index contributed by atoms with van der Waals surface area (Å²) in [6.07, 6.45) is 2.63. The van der Waals surface area contributed by atoms with Crippen molar-refractivity contribution in [1.82, 2.24) is 4.98 Å². The van der Waals surface area contributed by atoms with Crippen molar-refractivity contribution in [2.24, 2.45) is 0 Å². The van der Waals surface area contributed by atoms with Crippen molar-refractivity contribution in [2.75, 3.05) is 18.1 Å². The number of halogens is 1. The summed E-state index contributed by atoms with van der Waals surface area (Å²) in [5.41, 5.74) is 0. The maximum absolute atomic E-state index is 9.04. The zero-order valence-corrected chi connectivity index (χ0v) is 12.1. The summed E-state index contributed by atoms with van der Waals surface area (Å²) < 4.78 is 0. The fourth-order valence-corrected chi connectivity index (χ4v) is 1.90. The van der Waals surface area contributed by atoms with Gasteiger partial charge in [0.1, 0.15) is 5.82 Å². The number of aromatic nitrogens is 1. The summed E-state index contributed by atoms with van der Waals surface area (Å²) >= 11 is 11.1. The Morgan fingerprint density at radius 2 is 2.40 bits per heavy atom. The van der Waals surface area contributed by atoms with E-state index in [-0.39, 0.29) is 42.2 Å². The van der Waals surface area contributed by atoms with Crippen LogP contribution in [0.5, 0.6) is 0 Å². The van der Waals surface area contributed by atoms with E-state index in [9.17, 15) is 0 Å². The molecule has 0 unspecified atom stereocenters. The molecule has 0 spiro atoms. The molecule has 0 bridgehead atoms. The fourth-order valence-electron chi connectivity index (χ4n) is 1.53. The van der Waals surface area contributed by atoms with Gasteiger partial charge in [0.15, 0.2) is 0 Å². The Bertz CT molecular complexity index is 351. The van der Waals surface area contributed by atoms with E-state index in [4.69, 9.17) is 29.3 Å². The quantitative estimate of drug-likeness (QED) is 0.499. The third-order valence-electron chi connectivity index (χ3n) is 2.46. The van der Waals surface area contributed by atoms with Crippen molar-refractivity contribution < 1.29 is 34.7 Å². The van der Waals surface area contributed by atoms with Crippen LogP contribution >= 0.6 is 11.6 Å². The largest absolute Gasteiger partial charge is 1.00 e. The molecule has 2 heterocycles. The summed E-state index contributed by atoms with van der Waals surface area (Å²) in [7, 11) is 0. The van der Waals surface area contributed by atoms with Crippen molar-refractivity contribution in [2.45, 2.75) is 17.4 Å². The van der Waals surface area contributed by atoms with Gasteiger partial charge in [-0.1, -0.05) is 17.7 Å². The third-order valence-corrected chi connectivity index (χ3v) is 3.29. The van der Waals surface area contributed by atoms with Crippen LogP contribution in [-0.4, -0.2) is 29.3 Å². The van der Waals surface area contributed by atoms with E-state index in [0.29, 0.717) is 15.7 Å². The van der Waals surface area contributed by atoms with Crippen molar-refractivity contribution >= 4 is 30.0 Å². The monoisotopic (exact) mass is 252 g/mol. The van der Waals surface area contributed by atoms with E-state index in [2.05, 4.69) is 4.98 Å². The molecule has 0 amide bonds. The molecule has 1 saturated heterocycles. The normalized spacial score (nSPS) is 19.3. The minimum Gasteiger partial charge on any atom is -0.778 e. The molecule has 0 aromatic carbocycles. The molecule has 0 saturated carbocycles. The van der Waals surface area contributed by atoms with Crippen molar-refractivity contribution in [1.29, 1.82) is 0 Å². The van der Waals surface area contributed by atoms with E-state index >= 15 is 0 Å². The van der Waals surface area contributed by atoms with E-state index in [1.54, 1.807) is 12.3 Å². The summed E-state index contributed by atoms with van der Waals surface area (Å²) in [4.78, 5) is 6.77. The van der Waals surface area contributed by atoms with Gasteiger partial charge in [-0.15, -0.1) is 0 Å². The Kier molecular flexibility index (Phi) is 5.09. The van der Waals surface area contributed by atoms with E-state index in [1.165, 1.54) is 0 Å². The van der Waals surface area contributed by atoms with Gasteiger partial charge >= 0.3 is 29.6 Å². The molecule has 2 rings (SSSR count). The van der Waals surface area contributed by atoms with Gasteiger partial charge in [0.25, 0.3) is 0 Å². The molecule has 1 atom stereocenters. The van der Waals surface area contributed by atoms with Gasteiger partial charge in [0, 0.05) is 12.7 Å². The van der Waals surface area contributed by atoms with Crippen LogP contribution < -0.4 is 34.5 Å². The first-order chi connectivity index (χ1) is 6.74. The van der Waals surface area contributed by atoms with Gasteiger partial charge in [-0.05, 0) is 6.42 Å². The molecule has 1 fully saturated rings. The summed E-state index contributed by atoms with van der Waals surface area (Å²) in [5.74, 6) is 0.699. The summed E-state index contributed by atoms with van der Waals surface area (Å²) in [6.45, 7) is 1.02. The zero-order valence-electron chi connectivity index (χ0n) is 8.48. The Morgan fingerprint density at radius 3 is 2.93 bits per heavy atom. The van der Waals surface area contributed by atoms with Crippen LogP contribution in [0.25, 0.3) is 0 Å². The first kappa shape index (κ1) is 13.5. The van der Waals surface area contributed by atoms with E-state index in [1.807, 2.05) is 4.90 Å². The van der Waals surface area contributed by atoms with E-state index in [0.717, 1.165) is 13.0 Å². The molecular weight excluding hydrogens is 243 g/mol. The zero-order chi connectivity index (χ0) is 10.1. The molecule has 0 aliphatic carbocycles. The first-order valence-electron chi connectivity index (χ1n) is 4.43. The van der Waals surface area contributed by atoms with Crippen LogP contribution in [0.2, 0.25) is 5.02 Å². The average Bonchev–Trinajstić information content (AvgIpc) is 2.12. The SMILES string of the molecule is OC[C@@H]1CCN1c1nccc([S-])c1Cl.[Na+]. The topological polar surface area (TPSA) is 36.4 Å². The molecule has 76 valence electrons. The molecule has 1 aliphatic rings. The predicted molar refractivity (Wildman–Crippen MR) is 57.7 cm³/mol. The van der Waals surface area contributed by atoms with Gasteiger partial charge in [-0.25, -0.2) is 4.98 Å². The van der Waals surface area contributed by atoms with Crippen molar-refractivity contribution in [3.8, 4) is 0 Å². The number of rotatable bonds is 2. The molecule has 1 aromatic heterocycles. The third kappa shape index (κ3) is 2.57. The van der Waals surface area contributed by atoms with Crippen molar-refractivity contribution in [3.05, 3.63) is 17.3 Å². The molecule has 0 radical (unpaired) electrons. The number of anilines is 1. The van der Waals surface area contributed by atoms with Crippen LogP contribution in [0.15, 0.2) is 17.2 Å². The van der Waals surface area contributed by atoms with Gasteiger partial charge < -0.3 is 22.6 Å². The maximum atomic E-state index is 9.04. The minimum atomic E-state index is 0. The Hall–Kier alpha value is 0.420. The molecule has 15 heavy (non-hydrogen) atoms. The molecule has 6 heteroatoms. The Labute approximate surface area is 122 Å². The van der Waals surface area contributed by atoms with Crippen LogP contribution in [-0.2, 0) is 12.6 Å². The van der Waals surface area contributed by atoms with Gasteiger partial charge in [0.2, 0.25) is 0 Å². The van der Waals surface area contributed by atoms with Crippen LogP contribution in [0.3, 0.4) is 0 Å². The van der Waals surface area contributed by atoms with Gasteiger partial charge in [-0.3, -0.25) is 0 Å². The van der Waals surface area contributed by atoms with Crippen LogP contribution in [0.1, 0.15) is 6.42 Å². The number of aliphatic hydroxyl groups is 1. The number of pyridine rings is 1. The molecule has 1 N–H and O–H groups in total. The molecular formula is C9H10ClN2NaOS. The predicted octanol–water partition coefficient (Wildman–Crippen LogP) is -1.78. The molecule has 3 nitrogen and oxygen atoms in total. The van der Waals surface area contributed by atoms with Gasteiger partial charge in [0.05, 0.1) is 17.7 Å². The average molecular weight is 253 g/mol. The minimum absolute atomic E-state index is 0. The standard InChI is InChI=1S/C9H11ClN2OS.Na/c10-8-7(14)1-3-11-9(8)12-4-2-6(12)5-13;/h1,3,6,13H,2,4-5H2,(H,11,14);/q;+1/p-1/t6-;/m0./s1. The van der Waals surface area contributed by atoms with Gasteiger partial charge in [-0.2, -0.15) is 4.90 Å².